The van der Waals surface area contributed by atoms with Crippen molar-refractivity contribution in [1.29, 1.82) is 0 Å². The van der Waals surface area contributed by atoms with Gasteiger partial charge in [0, 0.05) is 38.1 Å². The van der Waals surface area contributed by atoms with Gasteiger partial charge in [0.05, 0.1) is 18.8 Å². The Morgan fingerprint density at radius 1 is 1.03 bits per heavy atom. The highest BCUT2D eigenvalue weighted by Crippen LogP contribution is 2.47. The van der Waals surface area contributed by atoms with E-state index < -0.39 is 28.0 Å². The molecule has 2 aromatic carbocycles. The molecule has 0 amide bonds. The number of aliphatic carboxylic acids is 1. The maximum absolute atomic E-state index is 13.0. The quantitative estimate of drug-likeness (QED) is 0.390. The number of hydrogen-bond donors (Lipinski definition) is 1. The van der Waals surface area contributed by atoms with Gasteiger partial charge < -0.3 is 19.3 Å². The number of ether oxygens (including phenoxy) is 3. The normalized spacial score (nSPS) is 21.3. The summed E-state index contributed by atoms with van der Waals surface area (Å²) in [6, 6.07) is 12.7. The molecule has 0 aliphatic carbocycles. The van der Waals surface area contributed by atoms with Gasteiger partial charge in [0.15, 0.2) is 11.5 Å². The fourth-order valence-corrected chi connectivity index (χ4v) is 7.18. The lowest BCUT2D eigenvalue weighted by Crippen LogP contribution is -2.40. The van der Waals surface area contributed by atoms with Crippen LogP contribution in [0.4, 0.5) is 0 Å². The zero-order valence-corrected chi connectivity index (χ0v) is 23.9. The number of carbonyl (C=O) groups is 1. The molecule has 0 spiro atoms. The number of methoxy groups -OCH3 is 1. The molecule has 39 heavy (non-hydrogen) atoms. The van der Waals surface area contributed by atoms with Crippen LogP contribution in [0.2, 0.25) is 0 Å². The number of sulfonamides is 1. The fourth-order valence-electron chi connectivity index (χ4n) is 5.64. The Balaban J connectivity index is 1.68. The summed E-state index contributed by atoms with van der Waals surface area (Å²) < 4.78 is 44.4. The summed E-state index contributed by atoms with van der Waals surface area (Å²) in [6.07, 6.45) is 2.22. The summed E-state index contributed by atoms with van der Waals surface area (Å²) >= 11 is 0. The van der Waals surface area contributed by atoms with Gasteiger partial charge in [-0.25, -0.2) is 12.7 Å². The fraction of sp³-hybridized carbons (Fsp3) is 0.552. The molecule has 2 aliphatic heterocycles. The molecule has 3 atom stereocenters. The van der Waals surface area contributed by atoms with Crippen LogP contribution in [0.1, 0.15) is 56.2 Å². The number of benzene rings is 2. The predicted octanol–water partition coefficient (Wildman–Crippen LogP) is 4.15. The van der Waals surface area contributed by atoms with E-state index >= 15 is 0 Å². The zero-order chi connectivity index (χ0) is 28.0. The van der Waals surface area contributed by atoms with Crippen LogP contribution in [-0.4, -0.2) is 81.0 Å². The van der Waals surface area contributed by atoms with E-state index in [9.17, 15) is 18.3 Å². The predicted molar refractivity (Wildman–Crippen MR) is 149 cm³/mol. The van der Waals surface area contributed by atoms with E-state index in [1.807, 2.05) is 56.3 Å². The lowest BCUT2D eigenvalue weighted by atomic mass is 9.82. The average molecular weight is 561 g/mol. The number of likely N-dealkylation sites (tertiary alicyclic amines) is 1. The van der Waals surface area contributed by atoms with E-state index in [-0.39, 0.29) is 11.7 Å². The van der Waals surface area contributed by atoms with E-state index in [0.29, 0.717) is 63.1 Å². The molecule has 2 aliphatic rings. The van der Waals surface area contributed by atoms with Gasteiger partial charge in [0.2, 0.25) is 10.0 Å². The summed E-state index contributed by atoms with van der Waals surface area (Å²) in [5, 5.41) is 10.5. The molecule has 2 aromatic rings. The number of nitrogens with zero attached hydrogens (tertiary/aromatic N) is 2. The summed E-state index contributed by atoms with van der Waals surface area (Å²) in [6.45, 7) is 6.52. The van der Waals surface area contributed by atoms with Gasteiger partial charge in [0.1, 0.15) is 19.0 Å². The van der Waals surface area contributed by atoms with Crippen LogP contribution >= 0.6 is 0 Å². The number of unbranched alkanes of at least 4 members (excludes halogenated alkanes) is 1. The molecule has 0 unspecified atom stereocenters. The third-order valence-corrected chi connectivity index (χ3v) is 9.66. The molecule has 2 heterocycles. The first kappa shape index (κ1) is 29.2. The van der Waals surface area contributed by atoms with Crippen molar-refractivity contribution in [3.63, 3.8) is 0 Å². The topological polar surface area (TPSA) is 106 Å². The van der Waals surface area contributed by atoms with Crippen molar-refractivity contribution < 1.29 is 32.5 Å². The van der Waals surface area contributed by atoms with Gasteiger partial charge in [0.25, 0.3) is 0 Å². The molecule has 4 rings (SSSR count). The van der Waals surface area contributed by atoms with Gasteiger partial charge in [-0.1, -0.05) is 38.5 Å². The smallest absolute Gasteiger partial charge is 0.309 e. The lowest BCUT2D eigenvalue weighted by Gasteiger charge is -2.30. The summed E-state index contributed by atoms with van der Waals surface area (Å²) in [5.41, 5.74) is 1.73. The second kappa shape index (κ2) is 13.0. The molecule has 1 N–H and O–H groups in total. The van der Waals surface area contributed by atoms with Gasteiger partial charge in [-0.3, -0.25) is 9.69 Å². The zero-order valence-electron chi connectivity index (χ0n) is 23.0. The Kier molecular flexibility index (Phi) is 9.74. The molecule has 10 heteroatoms. The van der Waals surface area contributed by atoms with Crippen molar-refractivity contribution in [2.45, 2.75) is 45.1 Å². The van der Waals surface area contributed by atoms with Crippen molar-refractivity contribution in [2.75, 3.05) is 52.3 Å². The largest absolute Gasteiger partial charge is 0.497 e. The molecule has 214 valence electrons. The highest BCUT2D eigenvalue weighted by Gasteiger charge is 2.47. The monoisotopic (exact) mass is 560 g/mol. The van der Waals surface area contributed by atoms with E-state index in [1.54, 1.807) is 11.4 Å². The molecule has 0 saturated carbocycles. The third-order valence-electron chi connectivity index (χ3n) is 7.59. The molecule has 1 saturated heterocycles. The van der Waals surface area contributed by atoms with E-state index in [4.69, 9.17) is 14.2 Å². The Morgan fingerprint density at radius 2 is 1.72 bits per heavy atom. The minimum Gasteiger partial charge on any atom is -0.497 e. The molecule has 0 bridgehead atoms. The summed E-state index contributed by atoms with van der Waals surface area (Å²) in [7, 11) is -1.80. The number of fused-ring (bicyclic) bond motifs is 1. The van der Waals surface area contributed by atoms with Crippen LogP contribution in [0, 0.1) is 5.92 Å². The average Bonchev–Trinajstić information content (AvgIpc) is 3.32. The van der Waals surface area contributed by atoms with Crippen molar-refractivity contribution in [2.24, 2.45) is 5.92 Å². The second-order valence-corrected chi connectivity index (χ2v) is 12.2. The van der Waals surface area contributed by atoms with Crippen LogP contribution in [0.15, 0.2) is 42.5 Å². The second-order valence-electron chi connectivity index (χ2n) is 10.2. The molecule has 9 nitrogen and oxygen atoms in total. The van der Waals surface area contributed by atoms with E-state index in [0.717, 1.165) is 24.0 Å². The number of carboxylic acid groups (broad SMARTS) is 1. The van der Waals surface area contributed by atoms with Crippen molar-refractivity contribution in [3.8, 4) is 17.2 Å². The lowest BCUT2D eigenvalue weighted by molar-refractivity contribution is -0.143. The highest BCUT2D eigenvalue weighted by molar-refractivity contribution is 7.89. The number of hydrogen-bond acceptors (Lipinski definition) is 7. The van der Waals surface area contributed by atoms with Gasteiger partial charge in [-0.2, -0.15) is 0 Å². The minimum absolute atomic E-state index is 0.107. The van der Waals surface area contributed by atoms with Crippen LogP contribution in [0.3, 0.4) is 0 Å². The number of rotatable bonds is 13. The summed E-state index contributed by atoms with van der Waals surface area (Å²) in [4.78, 5) is 15.0. The van der Waals surface area contributed by atoms with Crippen molar-refractivity contribution in [3.05, 3.63) is 53.6 Å². The Morgan fingerprint density at radius 3 is 2.36 bits per heavy atom. The molecular formula is C29H40N2O7S. The standard InChI is InChI=1S/C29H40N2O7S/c1-4-6-13-31(39(34,35)18-5-2)15-14-30-20-24(22-9-12-25-26(19-22)38-17-16-37-25)27(29(32)33)28(30)21-7-10-23(36-3)11-8-21/h7-12,19,24,27-28H,4-6,13-18,20H2,1-3H3,(H,32,33)/t24-,27+,28-/m1/s1. The Bertz CT molecular complexity index is 1220. The maximum Gasteiger partial charge on any atom is 0.309 e. The molecule has 1 fully saturated rings. The first-order chi connectivity index (χ1) is 18.8. The Hall–Kier alpha value is -2.82. The van der Waals surface area contributed by atoms with E-state index in [1.165, 1.54) is 0 Å². The number of carboxylic acids is 1. The van der Waals surface area contributed by atoms with Gasteiger partial charge in [-0.15, -0.1) is 0 Å². The minimum atomic E-state index is -3.39. The Labute approximate surface area is 231 Å². The van der Waals surface area contributed by atoms with Crippen molar-refractivity contribution in [1.82, 2.24) is 9.21 Å². The highest BCUT2D eigenvalue weighted by atomic mass is 32.2. The third kappa shape index (κ3) is 6.67. The molecular weight excluding hydrogens is 520 g/mol. The molecule has 0 radical (unpaired) electrons. The maximum atomic E-state index is 13.0. The van der Waals surface area contributed by atoms with Crippen LogP contribution < -0.4 is 14.2 Å². The van der Waals surface area contributed by atoms with Gasteiger partial charge >= 0.3 is 5.97 Å². The van der Waals surface area contributed by atoms with Crippen LogP contribution in [0.5, 0.6) is 17.2 Å². The van der Waals surface area contributed by atoms with Crippen molar-refractivity contribution >= 4 is 16.0 Å². The first-order valence-electron chi connectivity index (χ1n) is 13.8. The van der Waals surface area contributed by atoms with Crippen LogP contribution in [-0.2, 0) is 14.8 Å². The van der Waals surface area contributed by atoms with E-state index in [2.05, 4.69) is 4.90 Å². The van der Waals surface area contributed by atoms with Crippen LogP contribution in [0.25, 0.3) is 0 Å². The molecule has 0 aromatic heterocycles. The summed E-state index contributed by atoms with van der Waals surface area (Å²) in [5.74, 6) is 0.134. The first-order valence-corrected chi connectivity index (χ1v) is 15.4. The SMILES string of the molecule is CCCCN(CCN1C[C@H](c2ccc3c(c2)OCCO3)[C@H](C(=O)O)[C@H]1c1ccc(OC)cc1)S(=O)(=O)CCC. The van der Waals surface area contributed by atoms with Gasteiger partial charge in [-0.05, 0) is 48.2 Å².